The van der Waals surface area contributed by atoms with Gasteiger partial charge in [0.05, 0.1) is 0 Å². The third-order valence-electron chi connectivity index (χ3n) is 3.50. The van der Waals surface area contributed by atoms with Crippen molar-refractivity contribution in [3.63, 3.8) is 0 Å². The van der Waals surface area contributed by atoms with Gasteiger partial charge in [0.1, 0.15) is 0 Å². The second kappa shape index (κ2) is 4.94. The van der Waals surface area contributed by atoms with Crippen LogP contribution in [0.15, 0.2) is 0 Å². The highest BCUT2D eigenvalue weighted by atomic mass is 16.1. The first-order valence-electron chi connectivity index (χ1n) is 5.97. The number of nitrogens with zero attached hydrogens (tertiary/aromatic N) is 1. The molecule has 2 aliphatic rings. The van der Waals surface area contributed by atoms with Crippen LogP contribution in [0.5, 0.6) is 0 Å². The van der Waals surface area contributed by atoms with Gasteiger partial charge < -0.3 is 10.6 Å². The molecule has 0 aliphatic carbocycles. The maximum absolute atomic E-state index is 11.3. The molecule has 4 heteroatoms. The van der Waals surface area contributed by atoms with E-state index in [0.717, 1.165) is 38.6 Å². The highest BCUT2D eigenvalue weighted by Gasteiger charge is 2.24. The lowest BCUT2D eigenvalue weighted by Gasteiger charge is -2.28. The first-order chi connectivity index (χ1) is 7.25. The Hall–Kier alpha value is -0.610. The summed E-state index contributed by atoms with van der Waals surface area (Å²) in [6.45, 7) is 7.37. The van der Waals surface area contributed by atoms with E-state index in [1.54, 1.807) is 0 Å². The topological polar surface area (TPSA) is 44.4 Å². The molecule has 0 bridgehead atoms. The summed E-state index contributed by atoms with van der Waals surface area (Å²) in [6, 6.07) is 0.483. The van der Waals surface area contributed by atoms with Gasteiger partial charge in [-0.25, -0.2) is 0 Å². The molecule has 0 saturated carbocycles. The number of carbonyl (C=O) groups excluding carboxylic acids is 1. The van der Waals surface area contributed by atoms with Crippen LogP contribution in [0.25, 0.3) is 0 Å². The number of amides is 1. The Morgan fingerprint density at radius 2 is 2.33 bits per heavy atom. The number of nitrogens with one attached hydrogen (secondary N) is 2. The normalized spacial score (nSPS) is 33.8. The quantitative estimate of drug-likeness (QED) is 0.665. The summed E-state index contributed by atoms with van der Waals surface area (Å²) in [5, 5.41) is 6.34. The van der Waals surface area contributed by atoms with Crippen LogP contribution in [0, 0.1) is 5.92 Å². The summed E-state index contributed by atoms with van der Waals surface area (Å²) in [5.74, 6) is 0.981. The van der Waals surface area contributed by atoms with Crippen molar-refractivity contribution in [2.45, 2.75) is 25.8 Å². The van der Waals surface area contributed by atoms with Gasteiger partial charge in [-0.2, -0.15) is 0 Å². The fourth-order valence-corrected chi connectivity index (χ4v) is 2.42. The van der Waals surface area contributed by atoms with Crippen molar-refractivity contribution >= 4 is 5.91 Å². The van der Waals surface area contributed by atoms with E-state index in [9.17, 15) is 4.79 Å². The highest BCUT2D eigenvalue weighted by Crippen LogP contribution is 2.13. The van der Waals surface area contributed by atoms with E-state index >= 15 is 0 Å². The lowest BCUT2D eigenvalue weighted by Crippen LogP contribution is -2.40. The monoisotopic (exact) mass is 211 g/mol. The van der Waals surface area contributed by atoms with Gasteiger partial charge in [0, 0.05) is 32.1 Å². The van der Waals surface area contributed by atoms with Gasteiger partial charge in [0.2, 0.25) is 5.91 Å². The molecule has 2 fully saturated rings. The number of carbonyl (C=O) groups is 1. The third kappa shape index (κ3) is 2.92. The smallest absolute Gasteiger partial charge is 0.221 e. The molecule has 15 heavy (non-hydrogen) atoms. The van der Waals surface area contributed by atoms with Gasteiger partial charge in [0.15, 0.2) is 0 Å². The SMILES string of the molecule is CC1CNC(=O)CCN1CC1CCNC1. The van der Waals surface area contributed by atoms with Crippen molar-refractivity contribution < 1.29 is 4.79 Å². The van der Waals surface area contributed by atoms with Crippen LogP contribution in [0.2, 0.25) is 0 Å². The Kier molecular flexibility index (Phi) is 3.59. The zero-order chi connectivity index (χ0) is 10.7. The molecule has 2 N–H and O–H groups in total. The third-order valence-corrected chi connectivity index (χ3v) is 3.50. The second-order valence-electron chi connectivity index (χ2n) is 4.76. The minimum absolute atomic E-state index is 0.203. The van der Waals surface area contributed by atoms with Crippen LogP contribution >= 0.6 is 0 Å². The molecule has 4 nitrogen and oxygen atoms in total. The molecule has 0 radical (unpaired) electrons. The lowest BCUT2D eigenvalue weighted by molar-refractivity contribution is -0.120. The fraction of sp³-hybridized carbons (Fsp3) is 0.909. The van der Waals surface area contributed by atoms with Gasteiger partial charge in [-0.15, -0.1) is 0 Å². The molecular formula is C11H21N3O. The predicted molar refractivity (Wildman–Crippen MR) is 59.6 cm³/mol. The Balaban J connectivity index is 1.85. The van der Waals surface area contributed by atoms with E-state index in [0.29, 0.717) is 12.5 Å². The largest absolute Gasteiger partial charge is 0.355 e. The minimum atomic E-state index is 0.203. The summed E-state index contributed by atoms with van der Waals surface area (Å²) in [6.07, 6.45) is 1.94. The summed E-state index contributed by atoms with van der Waals surface area (Å²) in [4.78, 5) is 13.7. The Bertz CT molecular complexity index is 226. The first kappa shape index (κ1) is 10.9. The lowest BCUT2D eigenvalue weighted by atomic mass is 10.1. The molecule has 0 aromatic heterocycles. The molecule has 86 valence electrons. The number of rotatable bonds is 2. The van der Waals surface area contributed by atoms with E-state index < -0.39 is 0 Å². The Morgan fingerprint density at radius 1 is 1.47 bits per heavy atom. The molecule has 2 saturated heterocycles. The summed E-state index contributed by atoms with van der Waals surface area (Å²) in [7, 11) is 0. The van der Waals surface area contributed by atoms with Crippen LogP contribution in [0.3, 0.4) is 0 Å². The highest BCUT2D eigenvalue weighted by molar-refractivity contribution is 5.76. The predicted octanol–water partition coefficient (Wildman–Crippen LogP) is -0.194. The molecule has 0 aromatic rings. The van der Waals surface area contributed by atoms with Crippen LogP contribution in [0.1, 0.15) is 19.8 Å². The van der Waals surface area contributed by atoms with Crippen molar-refractivity contribution in [3.05, 3.63) is 0 Å². The van der Waals surface area contributed by atoms with Crippen LogP contribution in [-0.4, -0.2) is 49.6 Å². The summed E-state index contributed by atoms with van der Waals surface area (Å²) >= 11 is 0. The van der Waals surface area contributed by atoms with E-state index in [-0.39, 0.29) is 5.91 Å². The summed E-state index contributed by atoms with van der Waals surface area (Å²) in [5.41, 5.74) is 0. The number of hydrogen-bond donors (Lipinski definition) is 2. The van der Waals surface area contributed by atoms with E-state index in [1.807, 2.05) is 0 Å². The molecule has 0 aromatic carbocycles. The average molecular weight is 211 g/mol. The van der Waals surface area contributed by atoms with Gasteiger partial charge in [-0.1, -0.05) is 0 Å². The van der Waals surface area contributed by atoms with Crippen molar-refractivity contribution in [2.24, 2.45) is 5.92 Å². The maximum atomic E-state index is 11.3. The standard InChI is InChI=1S/C11H21N3O/c1-9-6-13-11(15)3-5-14(9)8-10-2-4-12-7-10/h9-10,12H,2-8H2,1H3,(H,13,15). The van der Waals surface area contributed by atoms with E-state index in [4.69, 9.17) is 0 Å². The Morgan fingerprint density at radius 3 is 3.07 bits per heavy atom. The number of hydrogen-bond acceptors (Lipinski definition) is 3. The molecule has 0 spiro atoms. The first-order valence-corrected chi connectivity index (χ1v) is 5.97. The van der Waals surface area contributed by atoms with Gasteiger partial charge in [0.25, 0.3) is 0 Å². The molecule has 1 amide bonds. The van der Waals surface area contributed by atoms with Crippen LogP contribution in [-0.2, 0) is 4.79 Å². The minimum Gasteiger partial charge on any atom is -0.355 e. The molecule has 2 unspecified atom stereocenters. The average Bonchev–Trinajstić information content (AvgIpc) is 2.67. The van der Waals surface area contributed by atoms with Gasteiger partial charge in [-0.3, -0.25) is 9.69 Å². The Labute approximate surface area is 91.4 Å². The maximum Gasteiger partial charge on any atom is 0.221 e. The zero-order valence-corrected chi connectivity index (χ0v) is 9.46. The second-order valence-corrected chi connectivity index (χ2v) is 4.76. The van der Waals surface area contributed by atoms with Crippen molar-refractivity contribution in [1.29, 1.82) is 0 Å². The van der Waals surface area contributed by atoms with E-state index in [1.165, 1.54) is 6.42 Å². The zero-order valence-electron chi connectivity index (χ0n) is 9.46. The molecule has 2 atom stereocenters. The van der Waals surface area contributed by atoms with Gasteiger partial charge >= 0.3 is 0 Å². The van der Waals surface area contributed by atoms with Crippen LogP contribution in [0.4, 0.5) is 0 Å². The van der Waals surface area contributed by atoms with Gasteiger partial charge in [-0.05, 0) is 32.4 Å². The van der Waals surface area contributed by atoms with Crippen molar-refractivity contribution in [3.8, 4) is 0 Å². The molecule has 2 aliphatic heterocycles. The molecular weight excluding hydrogens is 190 g/mol. The fourth-order valence-electron chi connectivity index (χ4n) is 2.42. The summed E-state index contributed by atoms with van der Waals surface area (Å²) < 4.78 is 0. The molecule has 2 heterocycles. The van der Waals surface area contributed by atoms with Crippen LogP contribution < -0.4 is 10.6 Å². The molecule has 2 rings (SSSR count). The van der Waals surface area contributed by atoms with Crippen molar-refractivity contribution in [2.75, 3.05) is 32.7 Å². The van der Waals surface area contributed by atoms with E-state index in [2.05, 4.69) is 22.5 Å². The van der Waals surface area contributed by atoms with Crippen molar-refractivity contribution in [1.82, 2.24) is 15.5 Å².